The van der Waals surface area contributed by atoms with Gasteiger partial charge < -0.3 is 16.0 Å². The minimum atomic E-state index is 0.0226. The SMILES string of the molecule is Cc1ccc(C(=O)N2CCNCC2CN)cn1. The summed E-state index contributed by atoms with van der Waals surface area (Å²) in [6, 6.07) is 3.75. The zero-order chi connectivity index (χ0) is 12.3. The van der Waals surface area contributed by atoms with E-state index in [0.717, 1.165) is 18.8 Å². The Morgan fingerprint density at radius 2 is 2.47 bits per heavy atom. The molecule has 5 heteroatoms. The number of nitrogens with zero attached hydrogens (tertiary/aromatic N) is 2. The minimum Gasteiger partial charge on any atom is -0.332 e. The van der Waals surface area contributed by atoms with Crippen LogP contribution in [-0.2, 0) is 0 Å². The van der Waals surface area contributed by atoms with E-state index in [1.807, 2.05) is 24.0 Å². The van der Waals surface area contributed by atoms with Crippen molar-refractivity contribution in [2.24, 2.45) is 5.73 Å². The Morgan fingerprint density at radius 3 is 3.12 bits per heavy atom. The minimum absolute atomic E-state index is 0.0226. The molecule has 1 atom stereocenters. The smallest absolute Gasteiger partial charge is 0.255 e. The Morgan fingerprint density at radius 1 is 1.65 bits per heavy atom. The van der Waals surface area contributed by atoms with Gasteiger partial charge in [-0.2, -0.15) is 0 Å². The van der Waals surface area contributed by atoms with Crippen LogP contribution in [0.5, 0.6) is 0 Å². The van der Waals surface area contributed by atoms with E-state index in [4.69, 9.17) is 5.73 Å². The lowest BCUT2D eigenvalue weighted by atomic mass is 10.1. The number of amides is 1. The fourth-order valence-corrected chi connectivity index (χ4v) is 2.00. The van der Waals surface area contributed by atoms with Crippen molar-refractivity contribution in [3.8, 4) is 0 Å². The molecule has 1 aliphatic heterocycles. The van der Waals surface area contributed by atoms with Crippen LogP contribution in [0.15, 0.2) is 18.3 Å². The molecule has 0 saturated carbocycles. The largest absolute Gasteiger partial charge is 0.332 e. The first-order valence-electron chi connectivity index (χ1n) is 5.87. The monoisotopic (exact) mass is 234 g/mol. The van der Waals surface area contributed by atoms with Crippen LogP contribution < -0.4 is 11.1 Å². The van der Waals surface area contributed by atoms with Gasteiger partial charge in [0.15, 0.2) is 0 Å². The molecule has 1 amide bonds. The van der Waals surface area contributed by atoms with Crippen molar-refractivity contribution in [2.45, 2.75) is 13.0 Å². The number of nitrogens with two attached hydrogens (primary N) is 1. The third kappa shape index (κ3) is 2.62. The first-order valence-corrected chi connectivity index (χ1v) is 5.87. The molecule has 1 unspecified atom stereocenters. The van der Waals surface area contributed by atoms with Gasteiger partial charge in [-0.3, -0.25) is 9.78 Å². The van der Waals surface area contributed by atoms with Crippen LogP contribution in [0.1, 0.15) is 16.1 Å². The lowest BCUT2D eigenvalue weighted by Gasteiger charge is -2.35. The molecule has 0 aromatic carbocycles. The second-order valence-electron chi connectivity index (χ2n) is 4.28. The molecule has 2 heterocycles. The van der Waals surface area contributed by atoms with Gasteiger partial charge >= 0.3 is 0 Å². The van der Waals surface area contributed by atoms with E-state index in [9.17, 15) is 4.79 Å². The summed E-state index contributed by atoms with van der Waals surface area (Å²) in [7, 11) is 0. The van der Waals surface area contributed by atoms with E-state index < -0.39 is 0 Å². The van der Waals surface area contributed by atoms with E-state index in [2.05, 4.69) is 10.3 Å². The number of pyridine rings is 1. The number of hydrogen-bond donors (Lipinski definition) is 2. The van der Waals surface area contributed by atoms with E-state index in [1.54, 1.807) is 6.20 Å². The summed E-state index contributed by atoms with van der Waals surface area (Å²) in [4.78, 5) is 18.3. The van der Waals surface area contributed by atoms with E-state index in [0.29, 0.717) is 18.7 Å². The van der Waals surface area contributed by atoms with Crippen LogP contribution in [0.4, 0.5) is 0 Å². The second kappa shape index (κ2) is 5.25. The normalized spacial score (nSPS) is 20.4. The fraction of sp³-hybridized carbons (Fsp3) is 0.500. The number of aromatic nitrogens is 1. The average Bonchev–Trinajstić information content (AvgIpc) is 2.39. The first-order chi connectivity index (χ1) is 8.22. The molecule has 5 nitrogen and oxygen atoms in total. The molecule has 1 aromatic heterocycles. The van der Waals surface area contributed by atoms with Gasteiger partial charge in [0.1, 0.15) is 0 Å². The Kier molecular flexibility index (Phi) is 3.71. The number of nitrogens with one attached hydrogen (secondary N) is 1. The van der Waals surface area contributed by atoms with Crippen LogP contribution in [0.3, 0.4) is 0 Å². The standard InChI is InChI=1S/C12H18N4O/c1-9-2-3-10(7-15-9)12(17)16-5-4-14-8-11(16)6-13/h2-3,7,11,14H,4-6,8,13H2,1H3. The van der Waals surface area contributed by atoms with Gasteiger partial charge in [0.05, 0.1) is 11.6 Å². The van der Waals surface area contributed by atoms with Crippen molar-refractivity contribution in [3.05, 3.63) is 29.6 Å². The Bertz CT molecular complexity index is 390. The van der Waals surface area contributed by atoms with Crippen LogP contribution in [0, 0.1) is 6.92 Å². The number of hydrogen-bond acceptors (Lipinski definition) is 4. The van der Waals surface area contributed by atoms with Gasteiger partial charge in [-0.25, -0.2) is 0 Å². The summed E-state index contributed by atoms with van der Waals surface area (Å²) < 4.78 is 0. The molecule has 0 aliphatic carbocycles. The zero-order valence-electron chi connectivity index (χ0n) is 10.0. The highest BCUT2D eigenvalue weighted by atomic mass is 16.2. The third-order valence-corrected chi connectivity index (χ3v) is 3.04. The maximum atomic E-state index is 12.3. The van der Waals surface area contributed by atoms with Crippen molar-refractivity contribution in [1.29, 1.82) is 0 Å². The second-order valence-corrected chi connectivity index (χ2v) is 4.28. The molecule has 1 saturated heterocycles. The Labute approximate surface area is 101 Å². The number of carbonyl (C=O) groups excluding carboxylic acids is 1. The molecule has 2 rings (SSSR count). The van der Waals surface area contributed by atoms with Gasteiger partial charge in [-0.1, -0.05) is 0 Å². The molecule has 1 aromatic rings. The average molecular weight is 234 g/mol. The summed E-state index contributed by atoms with van der Waals surface area (Å²) in [5.74, 6) is 0.0226. The summed E-state index contributed by atoms with van der Waals surface area (Å²) in [5, 5.41) is 3.24. The number of aryl methyl sites for hydroxylation is 1. The fourth-order valence-electron chi connectivity index (χ4n) is 2.00. The van der Waals surface area contributed by atoms with Gasteiger partial charge in [-0.15, -0.1) is 0 Å². The summed E-state index contributed by atoms with van der Waals surface area (Å²) >= 11 is 0. The summed E-state index contributed by atoms with van der Waals surface area (Å²) in [6.45, 7) is 4.68. The van der Waals surface area contributed by atoms with Gasteiger partial charge in [0.25, 0.3) is 5.91 Å². The van der Waals surface area contributed by atoms with Crippen LogP contribution in [-0.4, -0.2) is 48.0 Å². The van der Waals surface area contributed by atoms with Crippen molar-refractivity contribution < 1.29 is 4.79 Å². The number of carbonyl (C=O) groups is 1. The van der Waals surface area contributed by atoms with E-state index >= 15 is 0 Å². The van der Waals surface area contributed by atoms with E-state index in [-0.39, 0.29) is 11.9 Å². The maximum Gasteiger partial charge on any atom is 0.255 e. The number of piperazine rings is 1. The molecular formula is C12H18N4O. The summed E-state index contributed by atoms with van der Waals surface area (Å²) in [6.07, 6.45) is 1.63. The molecule has 3 N–H and O–H groups in total. The van der Waals surface area contributed by atoms with Crippen molar-refractivity contribution in [2.75, 3.05) is 26.2 Å². The lowest BCUT2D eigenvalue weighted by molar-refractivity contribution is 0.0644. The van der Waals surface area contributed by atoms with Crippen LogP contribution in [0.25, 0.3) is 0 Å². The highest BCUT2D eigenvalue weighted by Crippen LogP contribution is 2.09. The zero-order valence-corrected chi connectivity index (χ0v) is 10.0. The van der Waals surface area contributed by atoms with E-state index in [1.165, 1.54) is 0 Å². The summed E-state index contributed by atoms with van der Waals surface area (Å²) in [5.41, 5.74) is 7.23. The van der Waals surface area contributed by atoms with Crippen molar-refractivity contribution >= 4 is 5.91 Å². The highest BCUT2D eigenvalue weighted by molar-refractivity contribution is 5.94. The Balaban J connectivity index is 2.15. The third-order valence-electron chi connectivity index (χ3n) is 3.04. The highest BCUT2D eigenvalue weighted by Gasteiger charge is 2.26. The van der Waals surface area contributed by atoms with Crippen LogP contribution >= 0.6 is 0 Å². The Hall–Kier alpha value is -1.46. The first kappa shape index (κ1) is 12.0. The molecule has 1 fully saturated rings. The predicted octanol–water partition coefficient (Wildman–Crippen LogP) is -0.237. The molecule has 0 spiro atoms. The topological polar surface area (TPSA) is 71.2 Å². The molecule has 92 valence electrons. The maximum absolute atomic E-state index is 12.3. The van der Waals surface area contributed by atoms with Gasteiger partial charge in [0, 0.05) is 38.1 Å². The molecule has 17 heavy (non-hydrogen) atoms. The molecular weight excluding hydrogens is 216 g/mol. The van der Waals surface area contributed by atoms with Gasteiger partial charge in [0.2, 0.25) is 0 Å². The quantitative estimate of drug-likeness (QED) is 0.741. The van der Waals surface area contributed by atoms with Gasteiger partial charge in [-0.05, 0) is 19.1 Å². The predicted molar refractivity (Wildman–Crippen MR) is 65.7 cm³/mol. The molecule has 0 bridgehead atoms. The van der Waals surface area contributed by atoms with Crippen LogP contribution in [0.2, 0.25) is 0 Å². The van der Waals surface area contributed by atoms with Crippen molar-refractivity contribution in [1.82, 2.24) is 15.2 Å². The number of rotatable bonds is 2. The van der Waals surface area contributed by atoms with Crippen molar-refractivity contribution in [3.63, 3.8) is 0 Å². The molecule has 0 radical (unpaired) electrons. The lowest BCUT2D eigenvalue weighted by Crippen LogP contribution is -2.56. The molecule has 1 aliphatic rings.